The van der Waals surface area contributed by atoms with E-state index < -0.39 is 11.7 Å². The van der Waals surface area contributed by atoms with E-state index in [0.717, 1.165) is 24.4 Å². The fourth-order valence-corrected chi connectivity index (χ4v) is 1.72. The van der Waals surface area contributed by atoms with Gasteiger partial charge in [0, 0.05) is 6.42 Å². The molecule has 0 saturated carbocycles. The number of H-pyrrole nitrogens is 1. The van der Waals surface area contributed by atoms with Crippen molar-refractivity contribution in [2.24, 2.45) is 5.92 Å². The van der Waals surface area contributed by atoms with Crippen LogP contribution in [0, 0.1) is 5.92 Å². The van der Waals surface area contributed by atoms with Crippen molar-refractivity contribution in [3.63, 3.8) is 0 Å². The summed E-state index contributed by atoms with van der Waals surface area (Å²) in [6, 6.07) is 3.56. The van der Waals surface area contributed by atoms with Crippen molar-refractivity contribution in [3.8, 4) is 0 Å². The van der Waals surface area contributed by atoms with Crippen LogP contribution in [-0.2, 0) is 12.6 Å². The average molecular weight is 242 g/mol. The lowest BCUT2D eigenvalue weighted by Crippen LogP contribution is -2.04. The second-order valence-corrected chi connectivity index (χ2v) is 4.51. The molecule has 0 amide bonds. The first-order valence-corrected chi connectivity index (χ1v) is 5.42. The Morgan fingerprint density at radius 1 is 1.29 bits per heavy atom. The Bertz CT molecular complexity index is 526. The summed E-state index contributed by atoms with van der Waals surface area (Å²) in [6.45, 7) is 4.07. The minimum absolute atomic E-state index is 0.414. The molecule has 0 aliphatic rings. The second-order valence-electron chi connectivity index (χ2n) is 4.51. The largest absolute Gasteiger partial charge is 0.416 e. The molecule has 0 bridgehead atoms. The molecule has 92 valence electrons. The predicted molar refractivity (Wildman–Crippen MR) is 59.6 cm³/mol. The number of alkyl halides is 3. The van der Waals surface area contributed by atoms with Crippen LogP contribution in [0.3, 0.4) is 0 Å². The third-order valence-electron chi connectivity index (χ3n) is 2.46. The average Bonchev–Trinajstić information content (AvgIpc) is 2.55. The molecule has 1 aromatic carbocycles. The maximum atomic E-state index is 12.5. The van der Waals surface area contributed by atoms with E-state index >= 15 is 0 Å². The van der Waals surface area contributed by atoms with Crippen LogP contribution < -0.4 is 0 Å². The zero-order valence-electron chi connectivity index (χ0n) is 9.60. The number of halogens is 3. The van der Waals surface area contributed by atoms with Crippen molar-refractivity contribution in [1.82, 2.24) is 9.97 Å². The van der Waals surface area contributed by atoms with Crippen LogP contribution in [0.1, 0.15) is 25.2 Å². The molecule has 1 heterocycles. The Morgan fingerprint density at radius 2 is 2.00 bits per heavy atom. The summed E-state index contributed by atoms with van der Waals surface area (Å²) in [5.41, 5.74) is 0.369. The molecule has 0 saturated heterocycles. The van der Waals surface area contributed by atoms with E-state index in [-0.39, 0.29) is 0 Å². The first-order chi connectivity index (χ1) is 7.86. The second kappa shape index (κ2) is 4.05. The zero-order valence-corrected chi connectivity index (χ0v) is 9.60. The first-order valence-electron chi connectivity index (χ1n) is 5.42. The van der Waals surface area contributed by atoms with E-state index in [1.165, 1.54) is 6.07 Å². The van der Waals surface area contributed by atoms with Gasteiger partial charge in [-0.3, -0.25) is 0 Å². The first kappa shape index (κ1) is 12.0. The van der Waals surface area contributed by atoms with Gasteiger partial charge >= 0.3 is 6.18 Å². The molecule has 0 fully saturated rings. The molecule has 0 atom stereocenters. The maximum absolute atomic E-state index is 12.5. The molecular weight excluding hydrogens is 229 g/mol. The number of nitrogens with one attached hydrogen (secondary N) is 1. The smallest absolute Gasteiger partial charge is 0.342 e. The van der Waals surface area contributed by atoms with Gasteiger partial charge < -0.3 is 4.98 Å². The van der Waals surface area contributed by atoms with E-state index in [2.05, 4.69) is 9.97 Å². The summed E-state index contributed by atoms with van der Waals surface area (Å²) < 4.78 is 37.5. The van der Waals surface area contributed by atoms with Crippen molar-refractivity contribution < 1.29 is 13.2 Å². The number of aromatic nitrogens is 2. The predicted octanol–water partition coefficient (Wildman–Crippen LogP) is 3.78. The van der Waals surface area contributed by atoms with E-state index in [0.29, 0.717) is 17.0 Å². The molecule has 1 N–H and O–H groups in total. The number of imidazole rings is 1. The third kappa shape index (κ3) is 2.60. The van der Waals surface area contributed by atoms with Crippen molar-refractivity contribution in [2.45, 2.75) is 26.4 Å². The highest BCUT2D eigenvalue weighted by Gasteiger charge is 2.30. The number of hydrogen-bond acceptors (Lipinski definition) is 1. The van der Waals surface area contributed by atoms with Gasteiger partial charge in [0.25, 0.3) is 0 Å². The summed E-state index contributed by atoms with van der Waals surface area (Å²) >= 11 is 0. The molecule has 0 radical (unpaired) electrons. The summed E-state index contributed by atoms with van der Waals surface area (Å²) in [7, 11) is 0. The van der Waals surface area contributed by atoms with Crippen LogP contribution in [0.15, 0.2) is 18.2 Å². The van der Waals surface area contributed by atoms with Crippen LogP contribution in [0.5, 0.6) is 0 Å². The van der Waals surface area contributed by atoms with Crippen molar-refractivity contribution in [1.29, 1.82) is 0 Å². The minimum atomic E-state index is -4.31. The quantitative estimate of drug-likeness (QED) is 0.852. The lowest BCUT2D eigenvalue weighted by Gasteiger charge is -2.05. The van der Waals surface area contributed by atoms with Crippen LogP contribution >= 0.6 is 0 Å². The molecular formula is C12H13F3N2. The van der Waals surface area contributed by atoms with Crippen LogP contribution in [0.4, 0.5) is 13.2 Å². The van der Waals surface area contributed by atoms with Crippen LogP contribution in [0.25, 0.3) is 11.0 Å². The van der Waals surface area contributed by atoms with Crippen molar-refractivity contribution in [3.05, 3.63) is 29.6 Å². The topological polar surface area (TPSA) is 28.7 Å². The maximum Gasteiger partial charge on any atom is 0.416 e. The van der Waals surface area contributed by atoms with E-state index in [1.54, 1.807) is 0 Å². The Hall–Kier alpha value is -1.52. The van der Waals surface area contributed by atoms with Gasteiger partial charge in [-0.25, -0.2) is 4.98 Å². The molecule has 2 rings (SSSR count). The zero-order chi connectivity index (χ0) is 12.6. The fourth-order valence-electron chi connectivity index (χ4n) is 1.72. The van der Waals surface area contributed by atoms with Gasteiger partial charge in [0.2, 0.25) is 0 Å². The van der Waals surface area contributed by atoms with Gasteiger partial charge in [0.15, 0.2) is 0 Å². The van der Waals surface area contributed by atoms with Gasteiger partial charge in [-0.15, -0.1) is 0 Å². The number of aromatic amines is 1. The summed E-state index contributed by atoms with van der Waals surface area (Å²) in [5.74, 6) is 1.15. The molecule has 2 nitrogen and oxygen atoms in total. The number of fused-ring (bicyclic) bond motifs is 1. The Kier molecular flexibility index (Phi) is 2.85. The Labute approximate surface area is 96.9 Å². The van der Waals surface area contributed by atoms with Gasteiger partial charge in [-0.1, -0.05) is 13.8 Å². The van der Waals surface area contributed by atoms with Crippen molar-refractivity contribution >= 4 is 11.0 Å². The minimum Gasteiger partial charge on any atom is -0.342 e. The number of nitrogens with zero attached hydrogens (tertiary/aromatic N) is 1. The normalized spacial score (nSPS) is 12.6. The van der Waals surface area contributed by atoms with Gasteiger partial charge in [0.05, 0.1) is 16.6 Å². The fraction of sp³-hybridized carbons (Fsp3) is 0.417. The summed E-state index contributed by atoms with van der Waals surface area (Å²) in [6.07, 6.45) is -3.58. The Morgan fingerprint density at radius 3 is 2.59 bits per heavy atom. The summed E-state index contributed by atoms with van der Waals surface area (Å²) in [4.78, 5) is 7.18. The monoisotopic (exact) mass is 242 g/mol. The number of hydrogen-bond donors (Lipinski definition) is 1. The van der Waals surface area contributed by atoms with Crippen LogP contribution in [0.2, 0.25) is 0 Å². The highest BCUT2D eigenvalue weighted by molar-refractivity contribution is 5.76. The van der Waals surface area contributed by atoms with Gasteiger partial charge in [-0.2, -0.15) is 13.2 Å². The number of rotatable bonds is 2. The lowest BCUT2D eigenvalue weighted by molar-refractivity contribution is -0.137. The lowest BCUT2D eigenvalue weighted by atomic mass is 10.1. The number of benzene rings is 1. The van der Waals surface area contributed by atoms with Crippen LogP contribution in [-0.4, -0.2) is 9.97 Å². The molecule has 0 unspecified atom stereocenters. The highest BCUT2D eigenvalue weighted by atomic mass is 19.4. The molecule has 0 aliphatic heterocycles. The molecule has 17 heavy (non-hydrogen) atoms. The van der Waals surface area contributed by atoms with E-state index in [1.807, 2.05) is 13.8 Å². The molecule has 0 spiro atoms. The van der Waals surface area contributed by atoms with E-state index in [9.17, 15) is 13.2 Å². The van der Waals surface area contributed by atoms with Gasteiger partial charge in [0.1, 0.15) is 5.82 Å². The van der Waals surface area contributed by atoms with E-state index in [4.69, 9.17) is 0 Å². The van der Waals surface area contributed by atoms with Crippen molar-refractivity contribution in [2.75, 3.05) is 0 Å². The Balaban J connectivity index is 2.41. The van der Waals surface area contributed by atoms with Gasteiger partial charge in [-0.05, 0) is 24.1 Å². The standard InChI is InChI=1S/C12H13F3N2/c1-7(2)5-11-16-9-4-3-8(12(13,14)15)6-10(9)17-11/h3-4,6-7H,5H2,1-2H3,(H,16,17). The molecule has 0 aliphatic carbocycles. The summed E-state index contributed by atoms with van der Waals surface area (Å²) in [5, 5.41) is 0. The molecule has 5 heteroatoms. The molecule has 2 aromatic rings. The highest BCUT2D eigenvalue weighted by Crippen LogP contribution is 2.30. The SMILES string of the molecule is CC(C)Cc1nc2ccc(C(F)(F)F)cc2[nH]1. The molecule has 1 aromatic heterocycles. The third-order valence-corrected chi connectivity index (χ3v) is 2.46.